The van der Waals surface area contributed by atoms with Gasteiger partial charge in [0, 0.05) is 75.1 Å². The number of carbonyl (C=O) groups is 2. The summed E-state index contributed by atoms with van der Waals surface area (Å²) >= 11 is 13.6. The molecule has 2 amide bonds. The van der Waals surface area contributed by atoms with E-state index in [-0.39, 0.29) is 23.6 Å². The second kappa shape index (κ2) is 13.2. The first-order chi connectivity index (χ1) is 19.4. The van der Waals surface area contributed by atoms with Crippen molar-refractivity contribution in [3.8, 4) is 0 Å². The number of amides is 2. The summed E-state index contributed by atoms with van der Waals surface area (Å²) in [6.07, 6.45) is 0. The molecule has 8 nitrogen and oxygen atoms in total. The highest BCUT2D eigenvalue weighted by Crippen LogP contribution is 2.25. The van der Waals surface area contributed by atoms with Crippen LogP contribution in [0.5, 0.6) is 0 Å². The van der Waals surface area contributed by atoms with Gasteiger partial charge in [-0.3, -0.25) is 14.5 Å². The SMILES string of the molecule is CC1CN(c2cc(Cl)nc(SCC(=O)N3CCN(Cc4ccccc4)CC3)n2)CCN1C(=O)c1ccc(Cl)cc1. The molecule has 2 fully saturated rings. The Morgan fingerprint density at radius 2 is 1.65 bits per heavy atom. The van der Waals surface area contributed by atoms with Gasteiger partial charge >= 0.3 is 0 Å². The summed E-state index contributed by atoms with van der Waals surface area (Å²) in [6.45, 7) is 7.85. The van der Waals surface area contributed by atoms with Crippen LogP contribution in [0.15, 0.2) is 65.8 Å². The molecule has 5 rings (SSSR count). The van der Waals surface area contributed by atoms with Crippen molar-refractivity contribution in [1.29, 1.82) is 0 Å². The molecule has 0 saturated carbocycles. The van der Waals surface area contributed by atoms with Crippen molar-refractivity contribution in [2.24, 2.45) is 0 Å². The van der Waals surface area contributed by atoms with Gasteiger partial charge in [0.05, 0.1) is 5.75 Å². The number of nitrogens with zero attached hydrogens (tertiary/aromatic N) is 6. The molecule has 0 N–H and O–H groups in total. The molecule has 2 aromatic carbocycles. The lowest BCUT2D eigenvalue weighted by atomic mass is 10.1. The van der Waals surface area contributed by atoms with Crippen LogP contribution in [0.25, 0.3) is 0 Å². The van der Waals surface area contributed by atoms with Gasteiger partial charge < -0.3 is 14.7 Å². The Bertz CT molecular complexity index is 1320. The third kappa shape index (κ3) is 7.26. The first-order valence-electron chi connectivity index (χ1n) is 13.4. The molecule has 210 valence electrons. The predicted molar refractivity (Wildman–Crippen MR) is 160 cm³/mol. The highest BCUT2D eigenvalue weighted by molar-refractivity contribution is 7.99. The van der Waals surface area contributed by atoms with Gasteiger partial charge in [0.1, 0.15) is 11.0 Å². The van der Waals surface area contributed by atoms with E-state index in [0.717, 1.165) is 19.6 Å². The maximum atomic E-state index is 13.0. The normalized spacial score (nSPS) is 18.2. The molecule has 3 aromatic rings. The van der Waals surface area contributed by atoms with Gasteiger partial charge in [-0.2, -0.15) is 0 Å². The van der Waals surface area contributed by atoms with Gasteiger partial charge in [-0.1, -0.05) is 65.3 Å². The van der Waals surface area contributed by atoms with Crippen LogP contribution in [0.2, 0.25) is 10.2 Å². The minimum absolute atomic E-state index is 0.0137. The number of hydrogen-bond donors (Lipinski definition) is 0. The second-order valence-corrected chi connectivity index (χ2v) is 11.8. The van der Waals surface area contributed by atoms with E-state index in [0.29, 0.717) is 59.4 Å². The van der Waals surface area contributed by atoms with Crippen LogP contribution in [0.1, 0.15) is 22.8 Å². The van der Waals surface area contributed by atoms with Gasteiger partial charge in [0.2, 0.25) is 5.91 Å². The monoisotopic (exact) mass is 598 g/mol. The summed E-state index contributed by atoms with van der Waals surface area (Å²) in [4.78, 5) is 43.3. The minimum atomic E-state index is -0.0242. The third-order valence-electron chi connectivity index (χ3n) is 7.26. The molecule has 0 radical (unpaired) electrons. The van der Waals surface area contributed by atoms with Crippen LogP contribution in [0.4, 0.5) is 5.82 Å². The van der Waals surface area contributed by atoms with Crippen molar-refractivity contribution in [3.05, 3.63) is 82.0 Å². The maximum Gasteiger partial charge on any atom is 0.254 e. The average Bonchev–Trinajstić information content (AvgIpc) is 2.96. The quantitative estimate of drug-likeness (QED) is 0.224. The molecule has 3 heterocycles. The van der Waals surface area contributed by atoms with Crippen molar-refractivity contribution >= 4 is 52.6 Å². The second-order valence-electron chi connectivity index (χ2n) is 10.1. The molecule has 2 aliphatic heterocycles. The Morgan fingerprint density at radius 1 is 0.925 bits per heavy atom. The van der Waals surface area contributed by atoms with E-state index in [1.165, 1.54) is 17.3 Å². The lowest BCUT2D eigenvalue weighted by Gasteiger charge is -2.40. The Kier molecular flexibility index (Phi) is 9.47. The number of halogens is 2. The Morgan fingerprint density at radius 3 is 2.35 bits per heavy atom. The topological polar surface area (TPSA) is 72.9 Å². The zero-order valence-electron chi connectivity index (χ0n) is 22.4. The van der Waals surface area contributed by atoms with Crippen LogP contribution in [0.3, 0.4) is 0 Å². The van der Waals surface area contributed by atoms with E-state index in [1.807, 2.05) is 22.8 Å². The largest absolute Gasteiger partial charge is 0.353 e. The molecule has 0 spiro atoms. The summed E-state index contributed by atoms with van der Waals surface area (Å²) in [5.41, 5.74) is 1.91. The van der Waals surface area contributed by atoms with Gasteiger partial charge in [0.25, 0.3) is 5.91 Å². The highest BCUT2D eigenvalue weighted by Gasteiger charge is 2.29. The predicted octanol–water partition coefficient (Wildman–Crippen LogP) is 4.57. The molecule has 1 atom stereocenters. The number of aromatic nitrogens is 2. The molecule has 11 heteroatoms. The third-order valence-corrected chi connectivity index (χ3v) is 8.54. The molecular formula is C29H32Cl2N6O2S. The zero-order chi connectivity index (χ0) is 28.1. The van der Waals surface area contributed by atoms with E-state index >= 15 is 0 Å². The van der Waals surface area contributed by atoms with Crippen molar-refractivity contribution < 1.29 is 9.59 Å². The van der Waals surface area contributed by atoms with Crippen molar-refractivity contribution in [1.82, 2.24) is 24.7 Å². The number of rotatable bonds is 7. The molecule has 40 heavy (non-hydrogen) atoms. The van der Waals surface area contributed by atoms with Gasteiger partial charge in [-0.25, -0.2) is 9.97 Å². The number of piperazine rings is 2. The van der Waals surface area contributed by atoms with Crippen LogP contribution >= 0.6 is 35.0 Å². The highest BCUT2D eigenvalue weighted by atomic mass is 35.5. The van der Waals surface area contributed by atoms with E-state index in [9.17, 15) is 9.59 Å². The number of anilines is 1. The molecule has 1 unspecified atom stereocenters. The van der Waals surface area contributed by atoms with Gasteiger partial charge in [-0.05, 0) is 36.8 Å². The molecule has 0 bridgehead atoms. The van der Waals surface area contributed by atoms with E-state index in [4.69, 9.17) is 28.2 Å². The van der Waals surface area contributed by atoms with Crippen LogP contribution in [-0.4, -0.2) is 94.1 Å². The first-order valence-corrected chi connectivity index (χ1v) is 15.1. The Balaban J connectivity index is 1.13. The minimum Gasteiger partial charge on any atom is -0.353 e. The lowest BCUT2D eigenvalue weighted by Crippen LogP contribution is -2.54. The number of benzene rings is 2. The fraction of sp³-hybridized carbons (Fsp3) is 0.379. The number of carbonyl (C=O) groups excluding carboxylic acids is 2. The first kappa shape index (κ1) is 28.7. The van der Waals surface area contributed by atoms with Crippen molar-refractivity contribution in [3.63, 3.8) is 0 Å². The van der Waals surface area contributed by atoms with E-state index in [1.54, 1.807) is 30.3 Å². The Hall–Kier alpha value is -2.85. The fourth-order valence-electron chi connectivity index (χ4n) is 5.05. The number of thioether (sulfide) groups is 1. The van der Waals surface area contributed by atoms with Crippen LogP contribution in [0, 0.1) is 0 Å². The summed E-state index contributed by atoms with van der Waals surface area (Å²) in [7, 11) is 0. The fourth-order valence-corrected chi connectivity index (χ4v) is 6.16. The molecule has 2 aliphatic rings. The smallest absolute Gasteiger partial charge is 0.254 e. The summed E-state index contributed by atoms with van der Waals surface area (Å²) in [5, 5.41) is 1.42. The van der Waals surface area contributed by atoms with Crippen molar-refractivity contribution in [2.45, 2.75) is 24.7 Å². The number of hydrogen-bond acceptors (Lipinski definition) is 7. The molecular weight excluding hydrogens is 567 g/mol. The van der Waals surface area contributed by atoms with E-state index in [2.05, 4.69) is 39.0 Å². The maximum absolute atomic E-state index is 13.0. The zero-order valence-corrected chi connectivity index (χ0v) is 24.7. The summed E-state index contributed by atoms with van der Waals surface area (Å²) < 4.78 is 0. The molecule has 0 aliphatic carbocycles. The molecule has 2 saturated heterocycles. The summed E-state index contributed by atoms with van der Waals surface area (Å²) in [5.74, 6) is 1.03. The van der Waals surface area contributed by atoms with Crippen LogP contribution < -0.4 is 4.90 Å². The Labute approximate surface area is 249 Å². The average molecular weight is 600 g/mol. The van der Waals surface area contributed by atoms with E-state index < -0.39 is 0 Å². The lowest BCUT2D eigenvalue weighted by molar-refractivity contribution is -0.130. The van der Waals surface area contributed by atoms with Gasteiger partial charge in [-0.15, -0.1) is 0 Å². The summed E-state index contributed by atoms with van der Waals surface area (Å²) in [6, 6.07) is 19.1. The van der Waals surface area contributed by atoms with Crippen molar-refractivity contribution in [2.75, 3.05) is 56.5 Å². The molecule has 1 aromatic heterocycles. The van der Waals surface area contributed by atoms with Crippen LogP contribution in [-0.2, 0) is 11.3 Å². The standard InChI is InChI=1S/C29H32Cl2N6O2S/c1-21-18-36(15-16-37(21)28(39)23-7-9-24(30)10-8-23)26-17-25(31)32-29(33-26)40-20-27(38)35-13-11-34(12-14-35)19-22-5-3-2-4-6-22/h2-10,17,21H,11-16,18-20H2,1H3. The van der Waals surface area contributed by atoms with Gasteiger partial charge in [0.15, 0.2) is 5.16 Å².